The van der Waals surface area contributed by atoms with E-state index in [-0.39, 0.29) is 16.6 Å². The summed E-state index contributed by atoms with van der Waals surface area (Å²) in [6.07, 6.45) is 4.07. The first-order chi connectivity index (χ1) is 7.66. The fourth-order valence-electron chi connectivity index (χ4n) is 2.29. The third kappa shape index (κ3) is 5.36. The van der Waals surface area contributed by atoms with E-state index in [1.807, 2.05) is 0 Å². The number of nitrogens with two attached hydrogens (primary N) is 2. The van der Waals surface area contributed by atoms with Crippen LogP contribution in [0.15, 0.2) is 0 Å². The molecule has 3 unspecified atom stereocenters. The molecule has 104 valence electrons. The van der Waals surface area contributed by atoms with E-state index < -0.39 is 0 Å². The van der Waals surface area contributed by atoms with Gasteiger partial charge in [-0.2, -0.15) is 0 Å². The van der Waals surface area contributed by atoms with Crippen molar-refractivity contribution in [1.29, 1.82) is 0 Å². The monoisotopic (exact) mass is 243 g/mol. The van der Waals surface area contributed by atoms with Crippen LogP contribution in [0.2, 0.25) is 0 Å². The van der Waals surface area contributed by atoms with Crippen molar-refractivity contribution in [3.05, 3.63) is 0 Å². The molecular formula is C14H33N3. The van der Waals surface area contributed by atoms with Crippen molar-refractivity contribution in [1.82, 2.24) is 5.32 Å². The molecule has 3 heteroatoms. The maximum Gasteiger partial charge on any atom is 0.0278 e. The molecule has 0 bridgehead atoms. The summed E-state index contributed by atoms with van der Waals surface area (Å²) in [5, 5.41) is 3.74. The first-order valence-electron chi connectivity index (χ1n) is 6.94. The lowest BCUT2D eigenvalue weighted by Gasteiger charge is -2.44. The Hall–Kier alpha value is -0.120. The van der Waals surface area contributed by atoms with Crippen LogP contribution in [0.25, 0.3) is 0 Å². The van der Waals surface area contributed by atoms with Crippen molar-refractivity contribution in [3.8, 4) is 0 Å². The molecule has 5 N–H and O–H groups in total. The molecule has 0 radical (unpaired) electrons. The summed E-state index contributed by atoms with van der Waals surface area (Å²) < 4.78 is 0. The van der Waals surface area contributed by atoms with Gasteiger partial charge in [-0.05, 0) is 46.5 Å². The van der Waals surface area contributed by atoms with Crippen molar-refractivity contribution < 1.29 is 0 Å². The molecule has 0 spiro atoms. The first-order valence-corrected chi connectivity index (χ1v) is 6.94. The molecule has 3 atom stereocenters. The summed E-state index contributed by atoms with van der Waals surface area (Å²) in [5.41, 5.74) is 12.1. The minimum Gasteiger partial charge on any atom is -0.329 e. The third-order valence-corrected chi connectivity index (χ3v) is 4.22. The zero-order chi connectivity index (χ0) is 13.7. The largest absolute Gasteiger partial charge is 0.329 e. The van der Waals surface area contributed by atoms with Gasteiger partial charge in [0, 0.05) is 23.2 Å². The summed E-state index contributed by atoms with van der Waals surface area (Å²) >= 11 is 0. The Morgan fingerprint density at radius 1 is 0.882 bits per heavy atom. The summed E-state index contributed by atoms with van der Waals surface area (Å²) in [6.45, 7) is 13.8. The standard InChI is InChI=1S/C14H33N3/c1-7-12(4,16)10-13(5,8-2)17-14(6,9-3)11-15/h17H,7-11,15-16H2,1-6H3. The molecule has 0 aromatic carbocycles. The average molecular weight is 243 g/mol. The minimum absolute atomic E-state index is 0.00851. The van der Waals surface area contributed by atoms with E-state index in [9.17, 15) is 0 Å². The number of hydrogen-bond acceptors (Lipinski definition) is 3. The highest BCUT2D eigenvalue weighted by Gasteiger charge is 2.35. The van der Waals surface area contributed by atoms with Crippen molar-refractivity contribution in [2.24, 2.45) is 11.5 Å². The summed E-state index contributed by atoms with van der Waals surface area (Å²) in [6, 6.07) is 0. The second kappa shape index (κ2) is 6.17. The number of rotatable bonds is 8. The Kier molecular flexibility index (Phi) is 6.12. The number of hydrogen-bond donors (Lipinski definition) is 3. The predicted octanol–water partition coefficient (Wildman–Crippen LogP) is 2.39. The quantitative estimate of drug-likeness (QED) is 0.613. The Labute approximate surface area is 108 Å². The maximum absolute atomic E-state index is 6.31. The van der Waals surface area contributed by atoms with Crippen molar-refractivity contribution >= 4 is 0 Å². The van der Waals surface area contributed by atoms with Crippen LogP contribution in [-0.4, -0.2) is 23.2 Å². The molecule has 0 aliphatic rings. The molecule has 0 saturated heterocycles. The Morgan fingerprint density at radius 3 is 1.65 bits per heavy atom. The van der Waals surface area contributed by atoms with Crippen LogP contribution >= 0.6 is 0 Å². The Balaban J connectivity index is 4.79. The van der Waals surface area contributed by atoms with Gasteiger partial charge in [-0.1, -0.05) is 20.8 Å². The lowest BCUT2D eigenvalue weighted by molar-refractivity contribution is 0.177. The molecule has 0 fully saturated rings. The molecule has 0 heterocycles. The number of nitrogens with one attached hydrogen (secondary N) is 1. The van der Waals surface area contributed by atoms with Crippen LogP contribution in [-0.2, 0) is 0 Å². The van der Waals surface area contributed by atoms with Crippen LogP contribution in [0.5, 0.6) is 0 Å². The van der Waals surface area contributed by atoms with Gasteiger partial charge in [-0.15, -0.1) is 0 Å². The van der Waals surface area contributed by atoms with E-state index in [1.165, 1.54) is 0 Å². The Morgan fingerprint density at radius 2 is 1.35 bits per heavy atom. The van der Waals surface area contributed by atoms with Gasteiger partial charge in [0.1, 0.15) is 0 Å². The van der Waals surface area contributed by atoms with E-state index >= 15 is 0 Å². The zero-order valence-corrected chi connectivity index (χ0v) is 12.7. The van der Waals surface area contributed by atoms with E-state index in [0.717, 1.165) is 25.7 Å². The summed E-state index contributed by atoms with van der Waals surface area (Å²) in [7, 11) is 0. The van der Waals surface area contributed by atoms with Gasteiger partial charge in [0.2, 0.25) is 0 Å². The van der Waals surface area contributed by atoms with Gasteiger partial charge in [0.15, 0.2) is 0 Å². The van der Waals surface area contributed by atoms with E-state index in [1.54, 1.807) is 0 Å². The van der Waals surface area contributed by atoms with Crippen molar-refractivity contribution in [2.45, 2.75) is 83.8 Å². The molecule has 0 aliphatic heterocycles. The van der Waals surface area contributed by atoms with Crippen LogP contribution in [0.4, 0.5) is 0 Å². The summed E-state index contributed by atoms with van der Waals surface area (Å²) in [4.78, 5) is 0. The first kappa shape index (κ1) is 16.9. The van der Waals surface area contributed by atoms with E-state index in [4.69, 9.17) is 11.5 Å². The van der Waals surface area contributed by atoms with Crippen molar-refractivity contribution in [3.63, 3.8) is 0 Å². The fourth-order valence-corrected chi connectivity index (χ4v) is 2.29. The fraction of sp³-hybridized carbons (Fsp3) is 1.00. The van der Waals surface area contributed by atoms with Gasteiger partial charge in [-0.25, -0.2) is 0 Å². The third-order valence-electron chi connectivity index (χ3n) is 4.22. The highest BCUT2D eigenvalue weighted by Crippen LogP contribution is 2.27. The average Bonchev–Trinajstić information content (AvgIpc) is 2.28. The van der Waals surface area contributed by atoms with Gasteiger partial charge in [-0.3, -0.25) is 0 Å². The second-order valence-electron chi connectivity index (χ2n) is 6.34. The highest BCUT2D eigenvalue weighted by atomic mass is 15.1. The molecular weight excluding hydrogens is 210 g/mol. The molecule has 0 aromatic heterocycles. The van der Waals surface area contributed by atoms with Crippen LogP contribution < -0.4 is 16.8 Å². The lowest BCUT2D eigenvalue weighted by atomic mass is 9.79. The van der Waals surface area contributed by atoms with E-state index in [2.05, 4.69) is 46.9 Å². The van der Waals surface area contributed by atoms with E-state index in [0.29, 0.717) is 6.54 Å². The molecule has 0 amide bonds. The normalized spacial score (nSPS) is 22.6. The molecule has 0 aliphatic carbocycles. The topological polar surface area (TPSA) is 64.1 Å². The molecule has 0 rings (SSSR count). The lowest BCUT2D eigenvalue weighted by Crippen LogP contribution is -2.61. The van der Waals surface area contributed by atoms with Gasteiger partial charge >= 0.3 is 0 Å². The summed E-state index contributed by atoms with van der Waals surface area (Å²) in [5.74, 6) is 0. The van der Waals surface area contributed by atoms with Crippen LogP contribution in [0.1, 0.15) is 67.2 Å². The van der Waals surface area contributed by atoms with Crippen LogP contribution in [0.3, 0.4) is 0 Å². The SMILES string of the molecule is CCC(C)(N)CC(C)(CC)NC(C)(CC)CN. The zero-order valence-electron chi connectivity index (χ0n) is 12.7. The Bertz CT molecular complexity index is 222. The van der Waals surface area contributed by atoms with Crippen LogP contribution in [0, 0.1) is 0 Å². The molecule has 0 saturated carbocycles. The van der Waals surface area contributed by atoms with Gasteiger partial charge in [0.25, 0.3) is 0 Å². The van der Waals surface area contributed by atoms with Crippen molar-refractivity contribution in [2.75, 3.05) is 6.54 Å². The highest BCUT2D eigenvalue weighted by molar-refractivity contribution is 4.98. The molecule has 0 aromatic rings. The second-order valence-corrected chi connectivity index (χ2v) is 6.34. The molecule has 17 heavy (non-hydrogen) atoms. The van der Waals surface area contributed by atoms with Gasteiger partial charge in [0.05, 0.1) is 0 Å². The van der Waals surface area contributed by atoms with Gasteiger partial charge < -0.3 is 16.8 Å². The predicted molar refractivity (Wildman–Crippen MR) is 77.1 cm³/mol. The smallest absolute Gasteiger partial charge is 0.0278 e. The molecule has 3 nitrogen and oxygen atoms in total. The maximum atomic E-state index is 6.31. The minimum atomic E-state index is -0.110.